The van der Waals surface area contributed by atoms with Gasteiger partial charge in [-0.2, -0.15) is 10.5 Å². The molecule has 3 rings (SSSR count). The van der Waals surface area contributed by atoms with Crippen LogP contribution in [0.3, 0.4) is 0 Å². The number of methoxy groups -OCH3 is 1. The third kappa shape index (κ3) is 5.03. The van der Waals surface area contributed by atoms with Crippen molar-refractivity contribution in [3.63, 3.8) is 0 Å². The number of hydrogen-bond donors (Lipinski definition) is 2. The van der Waals surface area contributed by atoms with Crippen molar-refractivity contribution in [1.29, 1.82) is 10.5 Å². The molecular weight excluding hydrogens is 418 g/mol. The lowest BCUT2D eigenvalue weighted by atomic mass is 9.96. The average molecular weight is 437 g/mol. The summed E-state index contributed by atoms with van der Waals surface area (Å²) in [5, 5.41) is 30.9. The van der Waals surface area contributed by atoms with E-state index in [-0.39, 0.29) is 17.1 Å². The van der Waals surface area contributed by atoms with E-state index < -0.39 is 18.5 Å². The molecule has 1 aliphatic carbocycles. The molecule has 0 atom stereocenters. The van der Waals surface area contributed by atoms with Gasteiger partial charge in [-0.05, 0) is 55.0 Å². The third-order valence-corrected chi connectivity index (χ3v) is 5.93. The van der Waals surface area contributed by atoms with Crippen LogP contribution in [0.4, 0.5) is 5.00 Å². The molecule has 2 N–H and O–H groups in total. The van der Waals surface area contributed by atoms with Crippen molar-refractivity contribution in [2.45, 2.75) is 25.7 Å². The van der Waals surface area contributed by atoms with E-state index in [1.54, 1.807) is 6.07 Å². The van der Waals surface area contributed by atoms with E-state index in [1.165, 1.54) is 36.7 Å². The Labute approximate surface area is 182 Å². The molecule has 1 aromatic carbocycles. The first-order chi connectivity index (χ1) is 15.0. The van der Waals surface area contributed by atoms with Gasteiger partial charge >= 0.3 is 5.97 Å². The summed E-state index contributed by atoms with van der Waals surface area (Å²) in [6.45, 7) is -0.524. The van der Waals surface area contributed by atoms with Gasteiger partial charge in [-0.15, -0.1) is 11.3 Å². The highest BCUT2D eigenvalue weighted by molar-refractivity contribution is 7.16. The zero-order valence-corrected chi connectivity index (χ0v) is 17.5. The van der Waals surface area contributed by atoms with Crippen molar-refractivity contribution in [1.82, 2.24) is 0 Å². The second-order valence-electron chi connectivity index (χ2n) is 6.74. The van der Waals surface area contributed by atoms with E-state index in [9.17, 15) is 20.1 Å². The SMILES string of the molecule is COc1cc(/C=C(\C#N)C(=O)Nc2sc3c(c2C#N)CCCC3)ccc1OCC(=O)O. The first-order valence-electron chi connectivity index (χ1n) is 9.47. The summed E-state index contributed by atoms with van der Waals surface area (Å²) in [5.74, 6) is -1.23. The second kappa shape index (κ2) is 9.79. The molecule has 1 amide bonds. The highest BCUT2D eigenvalue weighted by Gasteiger charge is 2.22. The van der Waals surface area contributed by atoms with Crippen LogP contribution in [0.15, 0.2) is 23.8 Å². The number of carboxylic acid groups (broad SMARTS) is 1. The molecule has 1 aliphatic rings. The molecule has 0 unspecified atom stereocenters. The molecular formula is C22H19N3O5S. The minimum atomic E-state index is -1.12. The normalized spacial score (nSPS) is 12.8. The third-order valence-electron chi connectivity index (χ3n) is 4.73. The largest absolute Gasteiger partial charge is 0.493 e. The molecule has 0 aliphatic heterocycles. The monoisotopic (exact) mass is 437 g/mol. The number of amides is 1. The predicted octanol–water partition coefficient (Wildman–Crippen LogP) is 3.52. The molecule has 0 radical (unpaired) electrons. The van der Waals surface area contributed by atoms with Crippen LogP contribution in [0.2, 0.25) is 0 Å². The highest BCUT2D eigenvalue weighted by atomic mass is 32.1. The summed E-state index contributed by atoms with van der Waals surface area (Å²) < 4.78 is 10.4. The molecule has 158 valence electrons. The second-order valence-corrected chi connectivity index (χ2v) is 7.85. The lowest BCUT2D eigenvalue weighted by Gasteiger charge is -2.10. The quantitative estimate of drug-likeness (QED) is 0.500. The van der Waals surface area contributed by atoms with Gasteiger partial charge in [0.1, 0.15) is 22.7 Å². The van der Waals surface area contributed by atoms with Gasteiger partial charge in [-0.3, -0.25) is 4.79 Å². The van der Waals surface area contributed by atoms with Gasteiger partial charge in [0, 0.05) is 4.88 Å². The van der Waals surface area contributed by atoms with Crippen LogP contribution in [0.1, 0.15) is 34.4 Å². The summed E-state index contributed by atoms with van der Waals surface area (Å²) in [7, 11) is 1.40. The number of nitriles is 2. The van der Waals surface area contributed by atoms with Gasteiger partial charge in [-0.25, -0.2) is 4.79 Å². The highest BCUT2D eigenvalue weighted by Crippen LogP contribution is 2.38. The first kappa shape index (κ1) is 21.9. The lowest BCUT2D eigenvalue weighted by molar-refractivity contribution is -0.139. The van der Waals surface area contributed by atoms with E-state index >= 15 is 0 Å². The summed E-state index contributed by atoms with van der Waals surface area (Å²) >= 11 is 1.39. The van der Waals surface area contributed by atoms with Crippen molar-refractivity contribution in [2.75, 3.05) is 19.0 Å². The van der Waals surface area contributed by atoms with Crippen LogP contribution < -0.4 is 14.8 Å². The van der Waals surface area contributed by atoms with E-state index in [1.807, 2.05) is 6.07 Å². The van der Waals surface area contributed by atoms with E-state index in [2.05, 4.69) is 11.4 Å². The van der Waals surface area contributed by atoms with Crippen LogP contribution in [0, 0.1) is 22.7 Å². The maximum Gasteiger partial charge on any atom is 0.341 e. The molecule has 0 saturated heterocycles. The number of hydrogen-bond acceptors (Lipinski definition) is 7. The van der Waals surface area contributed by atoms with Gasteiger partial charge in [0.15, 0.2) is 18.1 Å². The fraction of sp³-hybridized carbons (Fsp3) is 0.273. The molecule has 1 aromatic heterocycles. The zero-order valence-electron chi connectivity index (χ0n) is 16.7. The minimum Gasteiger partial charge on any atom is -0.493 e. The van der Waals surface area contributed by atoms with Gasteiger partial charge in [-0.1, -0.05) is 6.07 Å². The number of aryl methyl sites for hydroxylation is 1. The Morgan fingerprint density at radius 3 is 2.71 bits per heavy atom. The lowest BCUT2D eigenvalue weighted by Crippen LogP contribution is -2.13. The predicted molar refractivity (Wildman–Crippen MR) is 114 cm³/mol. The summed E-state index contributed by atoms with van der Waals surface area (Å²) in [4.78, 5) is 24.5. The minimum absolute atomic E-state index is 0.142. The number of thiophene rings is 1. The smallest absolute Gasteiger partial charge is 0.341 e. The average Bonchev–Trinajstić information content (AvgIpc) is 3.12. The number of carboxylic acids is 1. The molecule has 0 saturated carbocycles. The summed E-state index contributed by atoms with van der Waals surface area (Å²) in [5.41, 5.74) is 1.83. The fourth-order valence-electron chi connectivity index (χ4n) is 3.29. The van der Waals surface area contributed by atoms with Crippen molar-refractivity contribution >= 4 is 34.3 Å². The molecule has 0 fully saturated rings. The van der Waals surface area contributed by atoms with Crippen LogP contribution in [0.5, 0.6) is 11.5 Å². The van der Waals surface area contributed by atoms with Crippen molar-refractivity contribution in [3.05, 3.63) is 45.3 Å². The number of carbonyl (C=O) groups is 2. The van der Waals surface area contributed by atoms with Crippen LogP contribution in [-0.4, -0.2) is 30.7 Å². The number of nitrogens with one attached hydrogen (secondary N) is 1. The maximum absolute atomic E-state index is 12.7. The molecule has 31 heavy (non-hydrogen) atoms. The Kier molecular flexibility index (Phi) is 6.91. The standard InChI is InChI=1S/C22H19N3O5S/c1-29-18-9-13(6-7-17(18)30-12-20(26)27)8-14(10-23)21(28)25-22-16(11-24)15-4-2-3-5-19(15)31-22/h6-9H,2-5,12H2,1H3,(H,25,28)(H,26,27)/b14-8+. The number of benzene rings is 1. The van der Waals surface area contributed by atoms with Crippen molar-refractivity contribution < 1.29 is 24.2 Å². The topological polar surface area (TPSA) is 132 Å². The number of carbonyl (C=O) groups excluding carboxylic acids is 1. The number of anilines is 1. The molecule has 0 bridgehead atoms. The number of rotatable bonds is 7. The summed E-state index contributed by atoms with van der Waals surface area (Å²) in [6, 6.07) is 8.67. The van der Waals surface area contributed by atoms with Gasteiger partial charge in [0.2, 0.25) is 0 Å². The molecule has 8 nitrogen and oxygen atoms in total. The molecule has 1 heterocycles. The molecule has 9 heteroatoms. The van der Waals surface area contributed by atoms with Crippen molar-refractivity contribution in [2.24, 2.45) is 0 Å². The fourth-order valence-corrected chi connectivity index (χ4v) is 4.53. The Morgan fingerprint density at radius 1 is 1.26 bits per heavy atom. The molecule has 0 spiro atoms. The number of aliphatic carboxylic acids is 1. The van der Waals surface area contributed by atoms with Crippen LogP contribution >= 0.6 is 11.3 Å². The Bertz CT molecular complexity index is 1140. The Morgan fingerprint density at radius 2 is 2.03 bits per heavy atom. The van der Waals surface area contributed by atoms with Crippen LogP contribution in [0.25, 0.3) is 6.08 Å². The Hall–Kier alpha value is -3.82. The van der Waals surface area contributed by atoms with Gasteiger partial charge in [0.05, 0.1) is 12.7 Å². The van der Waals surface area contributed by atoms with E-state index in [0.717, 1.165) is 36.1 Å². The molecule has 2 aromatic rings. The number of nitrogens with zero attached hydrogens (tertiary/aromatic N) is 2. The zero-order chi connectivity index (χ0) is 22.4. The maximum atomic E-state index is 12.7. The Balaban J connectivity index is 1.83. The van der Waals surface area contributed by atoms with Crippen LogP contribution in [-0.2, 0) is 22.4 Å². The summed E-state index contributed by atoms with van der Waals surface area (Å²) in [6.07, 6.45) is 5.17. The number of fused-ring (bicyclic) bond motifs is 1. The van der Waals surface area contributed by atoms with E-state index in [0.29, 0.717) is 16.1 Å². The number of ether oxygens (including phenoxy) is 2. The van der Waals surface area contributed by atoms with E-state index in [4.69, 9.17) is 14.6 Å². The van der Waals surface area contributed by atoms with Gasteiger partial charge in [0.25, 0.3) is 5.91 Å². The van der Waals surface area contributed by atoms with Crippen molar-refractivity contribution in [3.8, 4) is 23.6 Å². The van der Waals surface area contributed by atoms with Gasteiger partial charge < -0.3 is 19.9 Å². The first-order valence-corrected chi connectivity index (χ1v) is 10.3.